The number of fused-ring (bicyclic) bond motifs is 2. The van der Waals surface area contributed by atoms with Crippen LogP contribution in [0.2, 0.25) is 0 Å². The van der Waals surface area contributed by atoms with Crippen LogP contribution in [-0.4, -0.2) is 18.4 Å². The topological polar surface area (TPSA) is 52.6 Å². The van der Waals surface area contributed by atoms with Gasteiger partial charge in [0.05, 0.1) is 4.88 Å². The highest BCUT2D eigenvalue weighted by molar-refractivity contribution is 7.12. The van der Waals surface area contributed by atoms with Crippen molar-refractivity contribution in [3.63, 3.8) is 0 Å². The molecular formula is C20H14O4S. The van der Waals surface area contributed by atoms with Crippen molar-refractivity contribution in [2.24, 2.45) is 0 Å². The lowest BCUT2D eigenvalue weighted by atomic mass is 9.88. The average molecular weight is 350 g/mol. The van der Waals surface area contributed by atoms with Gasteiger partial charge in [0.2, 0.25) is 5.78 Å². The van der Waals surface area contributed by atoms with Crippen LogP contribution in [0.4, 0.5) is 0 Å². The lowest BCUT2D eigenvalue weighted by molar-refractivity contribution is -0.143. The molecule has 124 valence electrons. The van der Waals surface area contributed by atoms with Crippen molar-refractivity contribution in [1.82, 2.24) is 0 Å². The van der Waals surface area contributed by atoms with Crippen LogP contribution in [0.25, 0.3) is 0 Å². The summed E-state index contributed by atoms with van der Waals surface area (Å²) in [6.45, 7) is -0.263. The van der Waals surface area contributed by atoms with Crippen LogP contribution in [0.1, 0.15) is 26.7 Å². The highest BCUT2D eigenvalue weighted by atomic mass is 32.1. The van der Waals surface area contributed by atoms with Crippen LogP contribution < -0.4 is 4.74 Å². The van der Waals surface area contributed by atoms with Gasteiger partial charge in [-0.05, 0) is 23.6 Å². The molecule has 0 unspecified atom stereocenters. The van der Waals surface area contributed by atoms with E-state index in [4.69, 9.17) is 9.47 Å². The molecule has 0 aliphatic carbocycles. The Bertz CT molecular complexity index is 885. The van der Waals surface area contributed by atoms with Crippen molar-refractivity contribution in [2.45, 2.75) is 5.92 Å². The molecule has 4 rings (SSSR count). The molecule has 0 N–H and O–H groups in total. The standard InChI is InChI=1S/C20H14O4S/c21-15(18-10-5-11-25-18)12-23-20(22)19-13-6-1-3-8-16(13)24-17-9-4-2-7-14(17)19/h1-11,19H,12H2. The molecule has 25 heavy (non-hydrogen) atoms. The summed E-state index contributed by atoms with van der Waals surface area (Å²) in [7, 11) is 0. The van der Waals surface area contributed by atoms with Crippen LogP contribution in [0, 0.1) is 0 Å². The van der Waals surface area contributed by atoms with Crippen molar-refractivity contribution >= 4 is 23.1 Å². The van der Waals surface area contributed by atoms with E-state index in [1.54, 1.807) is 12.1 Å². The number of rotatable bonds is 4. The lowest BCUT2D eigenvalue weighted by Crippen LogP contribution is -2.23. The normalized spacial score (nSPS) is 12.6. The zero-order valence-electron chi connectivity index (χ0n) is 13.2. The van der Waals surface area contributed by atoms with E-state index in [-0.39, 0.29) is 12.4 Å². The molecule has 2 heterocycles. The second-order valence-electron chi connectivity index (χ2n) is 5.62. The first kappa shape index (κ1) is 15.6. The molecule has 0 atom stereocenters. The molecule has 1 aliphatic heterocycles. The van der Waals surface area contributed by atoms with E-state index >= 15 is 0 Å². The summed E-state index contributed by atoms with van der Waals surface area (Å²) in [5.41, 5.74) is 1.49. The van der Waals surface area contributed by atoms with Gasteiger partial charge < -0.3 is 9.47 Å². The predicted molar refractivity (Wildman–Crippen MR) is 94.4 cm³/mol. The average Bonchev–Trinajstić information content (AvgIpc) is 3.18. The lowest BCUT2D eigenvalue weighted by Gasteiger charge is -2.26. The van der Waals surface area contributed by atoms with Crippen LogP contribution in [-0.2, 0) is 9.53 Å². The second-order valence-corrected chi connectivity index (χ2v) is 6.57. The van der Waals surface area contributed by atoms with E-state index < -0.39 is 11.9 Å². The van der Waals surface area contributed by atoms with Crippen LogP contribution in [0.5, 0.6) is 11.5 Å². The molecule has 0 amide bonds. The number of para-hydroxylation sites is 2. The summed E-state index contributed by atoms with van der Waals surface area (Å²) in [6, 6.07) is 18.3. The fourth-order valence-corrected chi connectivity index (χ4v) is 3.54. The van der Waals surface area contributed by atoms with Crippen molar-refractivity contribution in [3.8, 4) is 11.5 Å². The van der Waals surface area contributed by atoms with Gasteiger partial charge in [-0.2, -0.15) is 0 Å². The largest absolute Gasteiger partial charge is 0.457 e. The number of hydrogen-bond donors (Lipinski definition) is 0. The highest BCUT2D eigenvalue weighted by Crippen LogP contribution is 2.44. The van der Waals surface area contributed by atoms with E-state index in [1.165, 1.54) is 11.3 Å². The smallest absolute Gasteiger partial charge is 0.318 e. The predicted octanol–water partition coefficient (Wildman–Crippen LogP) is 4.41. The molecule has 0 radical (unpaired) electrons. The Morgan fingerprint density at radius 1 is 0.920 bits per heavy atom. The number of ketones is 1. The first-order valence-electron chi connectivity index (χ1n) is 7.83. The van der Waals surface area contributed by atoms with Gasteiger partial charge in [-0.3, -0.25) is 9.59 Å². The molecule has 0 fully saturated rings. The second kappa shape index (κ2) is 6.53. The number of carbonyl (C=O) groups is 2. The molecule has 5 heteroatoms. The van der Waals surface area contributed by atoms with Crippen molar-refractivity contribution in [2.75, 3.05) is 6.61 Å². The van der Waals surface area contributed by atoms with E-state index in [2.05, 4.69) is 0 Å². The first-order valence-corrected chi connectivity index (χ1v) is 8.71. The fourth-order valence-electron chi connectivity index (χ4n) is 2.89. The number of benzene rings is 2. The van der Waals surface area contributed by atoms with Gasteiger partial charge in [0.1, 0.15) is 17.4 Å². The number of esters is 1. The summed E-state index contributed by atoms with van der Waals surface area (Å²) < 4.78 is 11.2. The number of ether oxygens (including phenoxy) is 2. The maximum Gasteiger partial charge on any atom is 0.318 e. The first-order chi connectivity index (χ1) is 12.2. The molecule has 4 nitrogen and oxygen atoms in total. The Balaban J connectivity index is 1.61. The summed E-state index contributed by atoms with van der Waals surface area (Å²) in [5, 5.41) is 1.82. The van der Waals surface area contributed by atoms with Crippen molar-refractivity contribution < 1.29 is 19.1 Å². The molecule has 0 bridgehead atoms. The maximum atomic E-state index is 12.8. The zero-order valence-corrected chi connectivity index (χ0v) is 14.0. The summed E-state index contributed by atoms with van der Waals surface area (Å²) in [5.74, 6) is 0.0165. The third-order valence-electron chi connectivity index (χ3n) is 4.06. The fraction of sp³-hybridized carbons (Fsp3) is 0.100. The Morgan fingerprint density at radius 2 is 1.56 bits per heavy atom. The quantitative estimate of drug-likeness (QED) is 0.516. The van der Waals surface area contributed by atoms with Crippen molar-refractivity contribution in [1.29, 1.82) is 0 Å². The Hall–Kier alpha value is -2.92. The van der Waals surface area contributed by atoms with E-state index in [1.807, 2.05) is 53.9 Å². The Kier molecular flexibility index (Phi) is 4.07. The van der Waals surface area contributed by atoms with E-state index in [0.29, 0.717) is 16.4 Å². The zero-order chi connectivity index (χ0) is 17.2. The summed E-state index contributed by atoms with van der Waals surface area (Å²) in [6.07, 6.45) is 0. The molecule has 0 saturated carbocycles. The third-order valence-corrected chi connectivity index (χ3v) is 4.97. The molecule has 1 aromatic heterocycles. The Labute approximate surface area is 148 Å². The van der Waals surface area contributed by atoms with Crippen LogP contribution >= 0.6 is 11.3 Å². The minimum absolute atomic E-state index is 0.197. The Morgan fingerprint density at radius 3 is 2.16 bits per heavy atom. The third kappa shape index (κ3) is 2.94. The number of Topliss-reactive ketones (excluding diaryl/α,β-unsaturated/α-hetero) is 1. The molecule has 2 aromatic carbocycles. The van der Waals surface area contributed by atoms with E-state index in [0.717, 1.165) is 11.1 Å². The van der Waals surface area contributed by atoms with Crippen LogP contribution in [0.3, 0.4) is 0 Å². The number of carbonyl (C=O) groups excluding carboxylic acids is 2. The minimum Gasteiger partial charge on any atom is -0.457 e. The maximum absolute atomic E-state index is 12.8. The molecule has 0 saturated heterocycles. The van der Waals surface area contributed by atoms with Gasteiger partial charge in [-0.1, -0.05) is 42.5 Å². The van der Waals surface area contributed by atoms with Gasteiger partial charge in [0.25, 0.3) is 0 Å². The molecule has 3 aromatic rings. The van der Waals surface area contributed by atoms with Crippen LogP contribution in [0.15, 0.2) is 66.0 Å². The van der Waals surface area contributed by atoms with Gasteiger partial charge in [-0.25, -0.2) is 0 Å². The minimum atomic E-state index is -0.600. The van der Waals surface area contributed by atoms with Gasteiger partial charge in [0.15, 0.2) is 6.61 Å². The monoisotopic (exact) mass is 350 g/mol. The molecule has 0 spiro atoms. The number of thiophene rings is 1. The summed E-state index contributed by atoms with van der Waals surface area (Å²) in [4.78, 5) is 25.4. The highest BCUT2D eigenvalue weighted by Gasteiger charge is 2.33. The molecule has 1 aliphatic rings. The van der Waals surface area contributed by atoms with Gasteiger partial charge in [0, 0.05) is 11.1 Å². The summed E-state index contributed by atoms with van der Waals surface area (Å²) >= 11 is 1.33. The molecular weight excluding hydrogens is 336 g/mol. The SMILES string of the molecule is O=C(COC(=O)C1c2ccccc2Oc2ccccc21)c1cccs1. The van der Waals surface area contributed by atoms with Crippen molar-refractivity contribution in [3.05, 3.63) is 82.0 Å². The number of hydrogen-bond acceptors (Lipinski definition) is 5. The van der Waals surface area contributed by atoms with Gasteiger partial charge >= 0.3 is 5.97 Å². The van der Waals surface area contributed by atoms with Gasteiger partial charge in [-0.15, -0.1) is 11.3 Å². The van der Waals surface area contributed by atoms with E-state index in [9.17, 15) is 9.59 Å².